The Hall–Kier alpha value is -2.66. The van der Waals surface area contributed by atoms with Crippen molar-refractivity contribution in [3.8, 4) is 5.75 Å². The van der Waals surface area contributed by atoms with Crippen LogP contribution in [0.2, 0.25) is 0 Å². The van der Waals surface area contributed by atoms with E-state index in [1.54, 1.807) is 36.3 Å². The maximum Gasteiger partial charge on any atom is 0.301 e. The van der Waals surface area contributed by atoms with E-state index in [0.717, 1.165) is 11.1 Å². The zero-order valence-corrected chi connectivity index (χ0v) is 20.5. The smallest absolute Gasteiger partial charge is 0.301 e. The molecule has 9 nitrogen and oxygen atoms in total. The van der Waals surface area contributed by atoms with Gasteiger partial charge in [-0.2, -0.15) is 12.7 Å². The Balaban J connectivity index is 1.45. The van der Waals surface area contributed by atoms with Gasteiger partial charge in [-0.15, -0.1) is 0 Å². The van der Waals surface area contributed by atoms with Crippen LogP contribution in [-0.4, -0.2) is 82.2 Å². The minimum atomic E-state index is -3.68. The molecule has 2 fully saturated rings. The fourth-order valence-corrected chi connectivity index (χ4v) is 5.38. The highest BCUT2D eigenvalue weighted by Gasteiger charge is 2.38. The van der Waals surface area contributed by atoms with Crippen LogP contribution in [0.25, 0.3) is 0 Å². The van der Waals surface area contributed by atoms with Crippen LogP contribution in [-0.2, 0) is 19.7 Å². The van der Waals surface area contributed by atoms with E-state index in [1.807, 2.05) is 32.0 Å². The molecule has 0 unspecified atom stereocenters. The molecule has 0 spiro atoms. The van der Waals surface area contributed by atoms with Gasteiger partial charge in [0.25, 0.3) is 5.91 Å². The largest absolute Gasteiger partial charge is 0.486 e. The lowest BCUT2D eigenvalue weighted by atomic mass is 10.0. The molecule has 0 aliphatic carbocycles. The van der Waals surface area contributed by atoms with E-state index in [-0.39, 0.29) is 18.1 Å². The zero-order valence-electron chi connectivity index (χ0n) is 19.7. The predicted molar refractivity (Wildman–Crippen MR) is 128 cm³/mol. The quantitative estimate of drug-likeness (QED) is 0.641. The number of hydrogen-bond acceptors (Lipinski definition) is 6. The molecule has 34 heavy (non-hydrogen) atoms. The van der Waals surface area contributed by atoms with E-state index in [1.165, 1.54) is 4.31 Å². The number of rotatable bonds is 7. The van der Waals surface area contributed by atoms with Gasteiger partial charge in [-0.1, -0.05) is 23.8 Å². The van der Waals surface area contributed by atoms with E-state index in [2.05, 4.69) is 4.72 Å². The average molecular weight is 490 g/mol. The molecule has 1 amide bonds. The Bertz CT molecular complexity index is 1130. The normalized spacial score (nSPS) is 21.4. The van der Waals surface area contributed by atoms with Gasteiger partial charge in [-0.3, -0.25) is 9.52 Å². The summed E-state index contributed by atoms with van der Waals surface area (Å²) in [5.74, 6) is 0.441. The summed E-state index contributed by atoms with van der Waals surface area (Å²) in [7, 11) is -2.09. The number of carbonyl (C=O) groups is 1. The zero-order chi connectivity index (χ0) is 24.3. The first kappa shape index (κ1) is 24.5. The number of carbonyl (C=O) groups excluding carboxylic acids is 1. The molecule has 2 aromatic rings. The first-order valence-electron chi connectivity index (χ1n) is 11.3. The summed E-state index contributed by atoms with van der Waals surface area (Å²) < 4.78 is 46.3. The van der Waals surface area contributed by atoms with Crippen molar-refractivity contribution in [1.29, 1.82) is 0 Å². The number of amides is 1. The maximum atomic E-state index is 13.2. The molecule has 1 N–H and O–H groups in total. The summed E-state index contributed by atoms with van der Waals surface area (Å²) in [6, 6.07) is 12.6. The van der Waals surface area contributed by atoms with Gasteiger partial charge in [-0.05, 0) is 37.6 Å². The second-order valence-electron chi connectivity index (χ2n) is 8.61. The van der Waals surface area contributed by atoms with Crippen molar-refractivity contribution in [2.24, 2.45) is 0 Å². The van der Waals surface area contributed by atoms with Crippen molar-refractivity contribution < 1.29 is 27.4 Å². The van der Waals surface area contributed by atoms with Gasteiger partial charge in [-0.25, -0.2) is 0 Å². The van der Waals surface area contributed by atoms with Gasteiger partial charge < -0.3 is 19.1 Å². The molecular weight excluding hydrogens is 458 g/mol. The van der Waals surface area contributed by atoms with Crippen LogP contribution >= 0.6 is 0 Å². The number of morpholine rings is 1. The van der Waals surface area contributed by atoms with E-state index >= 15 is 0 Å². The van der Waals surface area contributed by atoms with Crippen molar-refractivity contribution in [2.45, 2.75) is 26.1 Å². The lowest BCUT2D eigenvalue weighted by Crippen LogP contribution is -2.43. The Morgan fingerprint density at radius 2 is 1.79 bits per heavy atom. The molecule has 0 bridgehead atoms. The molecule has 0 aromatic heterocycles. The summed E-state index contributed by atoms with van der Waals surface area (Å²) in [6.07, 6.45) is -0.687. The summed E-state index contributed by atoms with van der Waals surface area (Å²) in [4.78, 5) is 14.9. The Labute approximate surface area is 200 Å². The number of benzene rings is 2. The molecule has 2 aliphatic heterocycles. The van der Waals surface area contributed by atoms with Crippen molar-refractivity contribution in [1.82, 2.24) is 9.21 Å². The lowest BCUT2D eigenvalue weighted by Gasteiger charge is -2.26. The average Bonchev–Trinajstić information content (AvgIpc) is 3.23. The summed E-state index contributed by atoms with van der Waals surface area (Å²) in [5.41, 5.74) is 3.03. The number of nitrogens with zero attached hydrogens (tertiary/aromatic N) is 2. The van der Waals surface area contributed by atoms with Crippen LogP contribution in [0.4, 0.5) is 5.69 Å². The first-order valence-corrected chi connectivity index (χ1v) is 12.7. The monoisotopic (exact) mass is 489 g/mol. The number of anilines is 1. The number of aryl methyl sites for hydroxylation is 2. The minimum Gasteiger partial charge on any atom is -0.486 e. The third-order valence-electron chi connectivity index (χ3n) is 6.11. The fourth-order valence-electron chi connectivity index (χ4n) is 4.19. The predicted octanol–water partition coefficient (Wildman–Crippen LogP) is 2.21. The number of methoxy groups -OCH3 is 1. The van der Waals surface area contributed by atoms with Crippen LogP contribution in [0.1, 0.15) is 21.5 Å². The third kappa shape index (κ3) is 5.52. The number of ether oxygens (including phenoxy) is 3. The first-order chi connectivity index (χ1) is 16.3. The van der Waals surface area contributed by atoms with Gasteiger partial charge in [0.05, 0.1) is 32.0 Å². The SMILES string of the molecule is CO[C@@H]1CN(C(=O)c2cc(C)ccc2C)C[C@H]1Oc1cccc(NS(=O)(=O)N2CCOCC2)c1. The molecule has 184 valence electrons. The van der Waals surface area contributed by atoms with Crippen LogP contribution in [0.5, 0.6) is 5.75 Å². The molecule has 2 saturated heterocycles. The van der Waals surface area contributed by atoms with Crippen LogP contribution < -0.4 is 9.46 Å². The number of likely N-dealkylation sites (tertiary alicyclic amines) is 1. The van der Waals surface area contributed by atoms with Crippen molar-refractivity contribution in [3.05, 3.63) is 59.2 Å². The van der Waals surface area contributed by atoms with Crippen molar-refractivity contribution >= 4 is 21.8 Å². The highest BCUT2D eigenvalue weighted by molar-refractivity contribution is 7.90. The Morgan fingerprint density at radius 3 is 2.53 bits per heavy atom. The van der Waals surface area contributed by atoms with Crippen LogP contribution in [0.3, 0.4) is 0 Å². The second-order valence-corrected chi connectivity index (χ2v) is 10.3. The molecule has 10 heteroatoms. The lowest BCUT2D eigenvalue weighted by molar-refractivity contribution is 0.0340. The Kier molecular flexibility index (Phi) is 7.42. The van der Waals surface area contributed by atoms with E-state index < -0.39 is 10.2 Å². The van der Waals surface area contributed by atoms with E-state index in [4.69, 9.17) is 14.2 Å². The summed E-state index contributed by atoms with van der Waals surface area (Å²) in [6.45, 7) is 6.05. The maximum absolute atomic E-state index is 13.2. The van der Waals surface area contributed by atoms with Gasteiger partial charge >= 0.3 is 10.2 Å². The molecular formula is C24H31N3O6S. The molecule has 4 rings (SSSR count). The number of nitrogens with one attached hydrogen (secondary N) is 1. The molecule has 2 heterocycles. The van der Waals surface area contributed by atoms with Gasteiger partial charge in [0, 0.05) is 31.8 Å². The summed E-state index contributed by atoms with van der Waals surface area (Å²) >= 11 is 0. The van der Waals surface area contributed by atoms with E-state index in [0.29, 0.717) is 56.4 Å². The van der Waals surface area contributed by atoms with E-state index in [9.17, 15) is 13.2 Å². The van der Waals surface area contributed by atoms with Crippen LogP contribution in [0.15, 0.2) is 42.5 Å². The number of hydrogen-bond donors (Lipinski definition) is 1. The third-order valence-corrected chi connectivity index (χ3v) is 7.65. The van der Waals surface area contributed by atoms with Gasteiger partial charge in [0.15, 0.2) is 0 Å². The van der Waals surface area contributed by atoms with Gasteiger partial charge in [0.2, 0.25) is 0 Å². The molecule has 2 atom stereocenters. The fraction of sp³-hybridized carbons (Fsp3) is 0.458. The Morgan fingerprint density at radius 1 is 1.06 bits per heavy atom. The minimum absolute atomic E-state index is 0.0543. The van der Waals surface area contributed by atoms with Crippen molar-refractivity contribution in [2.75, 3.05) is 51.2 Å². The van der Waals surface area contributed by atoms with Gasteiger partial charge in [0.1, 0.15) is 18.0 Å². The standard InChI is InChI=1S/C24H31N3O6S/c1-17-7-8-18(2)21(13-17)24(28)26-15-22(31-3)23(16-26)33-20-6-4-5-19(14-20)25-34(29,30)27-9-11-32-12-10-27/h4-8,13-14,22-23,25H,9-12,15-16H2,1-3H3/t22-,23-/m1/s1. The molecule has 2 aliphatic rings. The molecule has 0 saturated carbocycles. The molecule has 2 aromatic carbocycles. The highest BCUT2D eigenvalue weighted by Crippen LogP contribution is 2.26. The molecule has 0 radical (unpaired) electrons. The second kappa shape index (κ2) is 10.3. The van der Waals surface area contributed by atoms with Crippen LogP contribution in [0, 0.1) is 13.8 Å². The van der Waals surface area contributed by atoms with Crippen molar-refractivity contribution in [3.63, 3.8) is 0 Å². The summed E-state index contributed by atoms with van der Waals surface area (Å²) in [5, 5.41) is 0. The highest BCUT2D eigenvalue weighted by atomic mass is 32.2. The topological polar surface area (TPSA) is 97.4 Å².